The van der Waals surface area contributed by atoms with Crippen molar-refractivity contribution < 1.29 is 4.74 Å². The van der Waals surface area contributed by atoms with Gasteiger partial charge in [-0.15, -0.1) is 0 Å². The Hall–Kier alpha value is -1.16. The van der Waals surface area contributed by atoms with E-state index in [1.807, 2.05) is 13.8 Å². The average molecular weight is 195 g/mol. The molecule has 1 aliphatic rings. The van der Waals surface area contributed by atoms with Gasteiger partial charge in [0.15, 0.2) is 0 Å². The third kappa shape index (κ3) is 2.96. The molecular formula is C10H17N3O. The van der Waals surface area contributed by atoms with Crippen LogP contribution in [0, 0.1) is 0 Å². The molecule has 0 spiro atoms. The molecule has 0 unspecified atom stereocenters. The van der Waals surface area contributed by atoms with E-state index in [1.54, 1.807) is 18.6 Å². The van der Waals surface area contributed by atoms with E-state index in [0.717, 1.165) is 32.1 Å². The van der Waals surface area contributed by atoms with Crippen molar-refractivity contribution in [2.24, 2.45) is 0 Å². The Bertz CT molecular complexity index is 234. The summed E-state index contributed by atoms with van der Waals surface area (Å²) in [6, 6.07) is 0. The SMILES string of the molecule is CC.c1cnc(N2CCOCC2)cn1. The number of ether oxygens (including phenoxy) is 1. The molecule has 14 heavy (non-hydrogen) atoms. The van der Waals surface area contributed by atoms with Gasteiger partial charge in [-0.25, -0.2) is 4.98 Å². The van der Waals surface area contributed by atoms with Gasteiger partial charge in [-0.3, -0.25) is 4.98 Å². The van der Waals surface area contributed by atoms with Crippen LogP contribution >= 0.6 is 0 Å². The van der Waals surface area contributed by atoms with Gasteiger partial charge in [-0.05, 0) is 0 Å². The van der Waals surface area contributed by atoms with Crippen LogP contribution in [0.1, 0.15) is 13.8 Å². The van der Waals surface area contributed by atoms with Gasteiger partial charge in [0.05, 0.1) is 19.4 Å². The van der Waals surface area contributed by atoms with Gasteiger partial charge in [0, 0.05) is 25.5 Å². The summed E-state index contributed by atoms with van der Waals surface area (Å²) in [6.45, 7) is 7.41. The monoisotopic (exact) mass is 195 g/mol. The molecule has 1 aliphatic heterocycles. The largest absolute Gasteiger partial charge is 0.378 e. The van der Waals surface area contributed by atoms with E-state index in [4.69, 9.17) is 4.74 Å². The van der Waals surface area contributed by atoms with Crippen LogP contribution in [0.15, 0.2) is 18.6 Å². The predicted octanol–water partition coefficient (Wildman–Crippen LogP) is 1.34. The molecular weight excluding hydrogens is 178 g/mol. The van der Waals surface area contributed by atoms with Crippen molar-refractivity contribution in [1.29, 1.82) is 0 Å². The summed E-state index contributed by atoms with van der Waals surface area (Å²) in [4.78, 5) is 10.4. The molecule has 2 heterocycles. The first-order chi connectivity index (χ1) is 6.97. The second kappa shape index (κ2) is 6.32. The van der Waals surface area contributed by atoms with Crippen molar-refractivity contribution >= 4 is 5.82 Å². The first kappa shape index (κ1) is 10.9. The lowest BCUT2D eigenvalue weighted by Gasteiger charge is -2.27. The van der Waals surface area contributed by atoms with Crippen LogP contribution in [0.2, 0.25) is 0 Å². The van der Waals surface area contributed by atoms with Crippen LogP contribution < -0.4 is 4.90 Å². The summed E-state index contributed by atoms with van der Waals surface area (Å²) >= 11 is 0. The van der Waals surface area contributed by atoms with Crippen molar-refractivity contribution in [1.82, 2.24) is 9.97 Å². The first-order valence-electron chi connectivity index (χ1n) is 5.05. The second-order valence-corrected chi connectivity index (χ2v) is 2.66. The Morgan fingerprint density at radius 2 is 1.93 bits per heavy atom. The minimum absolute atomic E-state index is 0.788. The molecule has 0 radical (unpaired) electrons. The van der Waals surface area contributed by atoms with E-state index in [-0.39, 0.29) is 0 Å². The second-order valence-electron chi connectivity index (χ2n) is 2.66. The van der Waals surface area contributed by atoms with Crippen LogP contribution in [-0.4, -0.2) is 36.3 Å². The molecule has 78 valence electrons. The van der Waals surface area contributed by atoms with E-state index >= 15 is 0 Å². The molecule has 2 rings (SSSR count). The highest BCUT2D eigenvalue weighted by atomic mass is 16.5. The highest BCUT2D eigenvalue weighted by Gasteiger charge is 2.11. The van der Waals surface area contributed by atoms with E-state index < -0.39 is 0 Å². The van der Waals surface area contributed by atoms with Crippen LogP contribution in [0.5, 0.6) is 0 Å². The molecule has 0 aliphatic carbocycles. The fourth-order valence-electron chi connectivity index (χ4n) is 1.25. The molecule has 0 atom stereocenters. The van der Waals surface area contributed by atoms with E-state index in [1.165, 1.54) is 0 Å². The summed E-state index contributed by atoms with van der Waals surface area (Å²) < 4.78 is 5.23. The van der Waals surface area contributed by atoms with Gasteiger partial charge in [0.1, 0.15) is 5.82 Å². The normalized spacial score (nSPS) is 15.7. The van der Waals surface area contributed by atoms with E-state index in [0.29, 0.717) is 0 Å². The van der Waals surface area contributed by atoms with Crippen LogP contribution in [0.25, 0.3) is 0 Å². The third-order valence-electron chi connectivity index (χ3n) is 1.88. The Morgan fingerprint density at radius 3 is 2.50 bits per heavy atom. The van der Waals surface area contributed by atoms with Gasteiger partial charge in [0.2, 0.25) is 0 Å². The van der Waals surface area contributed by atoms with Gasteiger partial charge in [-0.1, -0.05) is 13.8 Å². The molecule has 4 nitrogen and oxygen atoms in total. The van der Waals surface area contributed by atoms with Crippen LogP contribution in [0.4, 0.5) is 5.82 Å². The van der Waals surface area contributed by atoms with Gasteiger partial charge < -0.3 is 9.64 Å². The van der Waals surface area contributed by atoms with Crippen LogP contribution in [-0.2, 0) is 4.74 Å². The third-order valence-corrected chi connectivity index (χ3v) is 1.88. The molecule has 0 aromatic carbocycles. The average Bonchev–Trinajstić information content (AvgIpc) is 2.34. The van der Waals surface area contributed by atoms with Crippen molar-refractivity contribution in [2.75, 3.05) is 31.2 Å². The van der Waals surface area contributed by atoms with E-state index in [2.05, 4.69) is 14.9 Å². The highest BCUT2D eigenvalue weighted by molar-refractivity contribution is 5.35. The summed E-state index contributed by atoms with van der Waals surface area (Å²) in [6.07, 6.45) is 5.18. The highest BCUT2D eigenvalue weighted by Crippen LogP contribution is 2.08. The number of anilines is 1. The topological polar surface area (TPSA) is 38.2 Å². The molecule has 1 aromatic heterocycles. The minimum atomic E-state index is 0.788. The molecule has 4 heteroatoms. The zero-order valence-electron chi connectivity index (χ0n) is 8.81. The molecule has 1 fully saturated rings. The Balaban J connectivity index is 0.000000461. The lowest BCUT2D eigenvalue weighted by molar-refractivity contribution is 0.122. The lowest BCUT2D eigenvalue weighted by atomic mass is 10.4. The smallest absolute Gasteiger partial charge is 0.147 e. The first-order valence-corrected chi connectivity index (χ1v) is 5.05. The molecule has 1 saturated heterocycles. The molecule has 0 saturated carbocycles. The molecule has 0 N–H and O–H groups in total. The molecule has 0 bridgehead atoms. The maximum Gasteiger partial charge on any atom is 0.147 e. The maximum atomic E-state index is 5.23. The fourth-order valence-corrected chi connectivity index (χ4v) is 1.25. The van der Waals surface area contributed by atoms with Crippen LogP contribution in [0.3, 0.4) is 0 Å². The fraction of sp³-hybridized carbons (Fsp3) is 0.600. The number of rotatable bonds is 1. The molecule has 1 aromatic rings. The summed E-state index contributed by atoms with van der Waals surface area (Å²) in [5, 5.41) is 0. The van der Waals surface area contributed by atoms with E-state index in [9.17, 15) is 0 Å². The predicted molar refractivity (Wildman–Crippen MR) is 56.4 cm³/mol. The van der Waals surface area contributed by atoms with Gasteiger partial charge >= 0.3 is 0 Å². The molecule has 0 amide bonds. The zero-order chi connectivity index (χ0) is 10.2. The Labute approximate surface area is 84.9 Å². The Morgan fingerprint density at radius 1 is 1.21 bits per heavy atom. The maximum absolute atomic E-state index is 5.23. The number of aromatic nitrogens is 2. The minimum Gasteiger partial charge on any atom is -0.378 e. The van der Waals surface area contributed by atoms with Crippen molar-refractivity contribution in [3.63, 3.8) is 0 Å². The van der Waals surface area contributed by atoms with Crippen molar-refractivity contribution in [2.45, 2.75) is 13.8 Å². The zero-order valence-corrected chi connectivity index (χ0v) is 8.81. The van der Waals surface area contributed by atoms with Crippen molar-refractivity contribution in [3.8, 4) is 0 Å². The number of hydrogen-bond acceptors (Lipinski definition) is 4. The number of morpholine rings is 1. The summed E-state index contributed by atoms with van der Waals surface area (Å²) in [5.74, 6) is 0.945. The van der Waals surface area contributed by atoms with Gasteiger partial charge in [-0.2, -0.15) is 0 Å². The standard InChI is InChI=1S/C8H11N3O.C2H6/c1-2-10-8(7-9-1)11-3-5-12-6-4-11;1-2/h1-2,7H,3-6H2;1-2H3. The van der Waals surface area contributed by atoms with Crippen molar-refractivity contribution in [3.05, 3.63) is 18.6 Å². The number of hydrogen-bond donors (Lipinski definition) is 0. The summed E-state index contributed by atoms with van der Waals surface area (Å²) in [7, 11) is 0. The lowest BCUT2D eigenvalue weighted by Crippen LogP contribution is -2.36. The number of nitrogens with zero attached hydrogens (tertiary/aromatic N) is 3. The summed E-state index contributed by atoms with van der Waals surface area (Å²) in [5.41, 5.74) is 0. The van der Waals surface area contributed by atoms with Gasteiger partial charge in [0.25, 0.3) is 0 Å². The quantitative estimate of drug-likeness (QED) is 0.677. The Kier molecular flexibility index (Phi) is 4.93.